The van der Waals surface area contributed by atoms with E-state index in [4.69, 9.17) is 5.11 Å². The molecule has 0 amide bonds. The highest BCUT2D eigenvalue weighted by atomic mass is 32.2. The lowest BCUT2D eigenvalue weighted by Gasteiger charge is -2.23. The van der Waals surface area contributed by atoms with Gasteiger partial charge in [0.15, 0.2) is 0 Å². The van der Waals surface area contributed by atoms with Crippen molar-refractivity contribution >= 4 is 15.7 Å². The lowest BCUT2D eigenvalue weighted by atomic mass is 10.0. The summed E-state index contributed by atoms with van der Waals surface area (Å²) < 4.78 is 43.7. The normalized spacial score (nSPS) is 16.2. The molecule has 1 heterocycles. The number of aliphatic hydroxyl groups is 2. The lowest BCUT2D eigenvalue weighted by Crippen LogP contribution is -2.35. The van der Waals surface area contributed by atoms with Crippen LogP contribution < -0.4 is 10.3 Å². The minimum atomic E-state index is -3.92. The summed E-state index contributed by atoms with van der Waals surface area (Å²) >= 11 is 0. The third-order valence-electron chi connectivity index (χ3n) is 6.00. The Kier molecular flexibility index (Phi) is 6.59. The van der Waals surface area contributed by atoms with Gasteiger partial charge in [-0.2, -0.15) is 0 Å². The van der Waals surface area contributed by atoms with E-state index in [2.05, 4.69) is 4.72 Å². The van der Waals surface area contributed by atoms with Gasteiger partial charge in [-0.3, -0.25) is 9.52 Å². The van der Waals surface area contributed by atoms with Crippen LogP contribution in [-0.2, 0) is 29.9 Å². The zero-order valence-corrected chi connectivity index (χ0v) is 18.8. The van der Waals surface area contributed by atoms with Crippen LogP contribution in [0.4, 0.5) is 10.1 Å². The summed E-state index contributed by atoms with van der Waals surface area (Å²) in [5, 5.41) is 18.9. The van der Waals surface area contributed by atoms with Crippen molar-refractivity contribution in [2.24, 2.45) is 7.05 Å². The first-order valence-electron chi connectivity index (χ1n) is 10.3. The minimum absolute atomic E-state index is 0.0337. The molecule has 1 saturated carbocycles. The molecule has 1 aliphatic rings. The second-order valence-corrected chi connectivity index (χ2v) is 10.4. The second-order valence-electron chi connectivity index (χ2n) is 8.35. The van der Waals surface area contributed by atoms with Gasteiger partial charge in [0.2, 0.25) is 10.0 Å². The molecule has 1 atom stereocenters. The number of pyridine rings is 1. The van der Waals surface area contributed by atoms with Crippen molar-refractivity contribution in [3.05, 3.63) is 62.8 Å². The van der Waals surface area contributed by atoms with E-state index in [9.17, 15) is 22.7 Å². The SMILES string of the molecule is CCc1cc(NS(=O)(=O)C2(C[C@H](O)CO)CC2)c(Cc2ccc(C)cc2F)n(C)c1=O. The monoisotopic (exact) mass is 452 g/mol. The van der Waals surface area contributed by atoms with Gasteiger partial charge >= 0.3 is 0 Å². The molecule has 2 aromatic rings. The van der Waals surface area contributed by atoms with E-state index in [1.54, 1.807) is 33.0 Å². The molecule has 7 nitrogen and oxygen atoms in total. The molecule has 1 aromatic carbocycles. The average Bonchev–Trinajstić information content (AvgIpc) is 3.50. The van der Waals surface area contributed by atoms with Crippen LogP contribution in [0, 0.1) is 12.7 Å². The maximum absolute atomic E-state index is 14.5. The Morgan fingerprint density at radius 3 is 2.48 bits per heavy atom. The van der Waals surface area contributed by atoms with Crippen molar-refractivity contribution in [3.8, 4) is 0 Å². The molecule has 31 heavy (non-hydrogen) atoms. The Morgan fingerprint density at radius 1 is 1.26 bits per heavy atom. The predicted molar refractivity (Wildman–Crippen MR) is 117 cm³/mol. The van der Waals surface area contributed by atoms with Gasteiger partial charge in [-0.15, -0.1) is 0 Å². The van der Waals surface area contributed by atoms with Crippen molar-refractivity contribution in [3.63, 3.8) is 0 Å². The molecule has 0 unspecified atom stereocenters. The van der Waals surface area contributed by atoms with Gasteiger partial charge in [0, 0.05) is 24.7 Å². The number of aromatic nitrogens is 1. The molecule has 0 spiro atoms. The van der Waals surface area contributed by atoms with Gasteiger partial charge in [-0.05, 0) is 55.9 Å². The van der Waals surface area contributed by atoms with E-state index in [-0.39, 0.29) is 24.1 Å². The Bertz CT molecular complexity index is 1140. The number of rotatable bonds is 9. The Labute approximate surface area is 181 Å². The Morgan fingerprint density at radius 2 is 1.94 bits per heavy atom. The van der Waals surface area contributed by atoms with Gasteiger partial charge in [0.1, 0.15) is 5.82 Å². The molecule has 3 N–H and O–H groups in total. The number of nitrogens with one attached hydrogen (secondary N) is 1. The summed E-state index contributed by atoms with van der Waals surface area (Å²) in [4.78, 5) is 12.7. The predicted octanol–water partition coefficient (Wildman–Crippen LogP) is 2.00. The number of anilines is 1. The summed E-state index contributed by atoms with van der Waals surface area (Å²) in [7, 11) is -2.38. The Hall–Kier alpha value is -2.23. The number of hydrogen-bond donors (Lipinski definition) is 3. The molecule has 0 saturated heterocycles. The molecule has 1 aromatic heterocycles. The quantitative estimate of drug-likeness (QED) is 0.539. The van der Waals surface area contributed by atoms with Crippen LogP contribution >= 0.6 is 0 Å². The largest absolute Gasteiger partial charge is 0.394 e. The number of hydrogen-bond acceptors (Lipinski definition) is 5. The highest BCUT2D eigenvalue weighted by molar-refractivity contribution is 7.94. The van der Waals surface area contributed by atoms with E-state index >= 15 is 0 Å². The molecule has 9 heteroatoms. The zero-order chi connectivity index (χ0) is 23.0. The summed E-state index contributed by atoms with van der Waals surface area (Å²) in [5.41, 5.74) is 1.87. The first kappa shape index (κ1) is 23.4. The number of aliphatic hydroxyl groups excluding tert-OH is 2. The molecule has 1 fully saturated rings. The molecule has 0 aliphatic heterocycles. The fourth-order valence-corrected chi connectivity index (χ4v) is 5.57. The van der Waals surface area contributed by atoms with Crippen molar-refractivity contribution in [1.29, 1.82) is 0 Å². The number of halogens is 1. The molecule has 3 rings (SSSR count). The summed E-state index contributed by atoms with van der Waals surface area (Å²) in [5.74, 6) is -0.425. The highest BCUT2D eigenvalue weighted by Gasteiger charge is 2.55. The molecule has 0 bridgehead atoms. The first-order chi connectivity index (χ1) is 14.5. The smallest absolute Gasteiger partial charge is 0.253 e. The van der Waals surface area contributed by atoms with E-state index in [0.717, 1.165) is 5.56 Å². The van der Waals surface area contributed by atoms with Crippen LogP contribution in [0.25, 0.3) is 0 Å². The van der Waals surface area contributed by atoms with E-state index in [1.807, 2.05) is 0 Å². The maximum atomic E-state index is 14.5. The fraction of sp³-hybridized carbons (Fsp3) is 0.500. The topological polar surface area (TPSA) is 109 Å². The van der Waals surface area contributed by atoms with Crippen LogP contribution in [0.15, 0.2) is 29.1 Å². The lowest BCUT2D eigenvalue weighted by molar-refractivity contribution is 0.0858. The molecule has 170 valence electrons. The van der Waals surface area contributed by atoms with Crippen LogP contribution in [0.1, 0.15) is 48.6 Å². The minimum Gasteiger partial charge on any atom is -0.394 e. The summed E-state index contributed by atoms with van der Waals surface area (Å²) in [6.45, 7) is 3.05. The summed E-state index contributed by atoms with van der Waals surface area (Å²) in [6.07, 6.45) is -0.0262. The van der Waals surface area contributed by atoms with E-state index in [1.165, 1.54) is 16.7 Å². The second kappa shape index (κ2) is 8.72. The van der Waals surface area contributed by atoms with Crippen molar-refractivity contribution < 1.29 is 23.0 Å². The van der Waals surface area contributed by atoms with Gasteiger partial charge in [-0.25, -0.2) is 12.8 Å². The summed E-state index contributed by atoms with van der Waals surface area (Å²) in [6, 6.07) is 6.30. The van der Waals surface area contributed by atoms with E-state index in [0.29, 0.717) is 36.1 Å². The van der Waals surface area contributed by atoms with E-state index < -0.39 is 33.3 Å². The third kappa shape index (κ3) is 4.68. The van der Waals surface area contributed by atoms with Gasteiger partial charge < -0.3 is 14.8 Å². The van der Waals surface area contributed by atoms with Crippen LogP contribution in [0.5, 0.6) is 0 Å². The third-order valence-corrected chi connectivity index (χ3v) is 8.21. The number of sulfonamides is 1. The van der Waals surface area contributed by atoms with Crippen LogP contribution in [0.3, 0.4) is 0 Å². The maximum Gasteiger partial charge on any atom is 0.253 e. The highest BCUT2D eigenvalue weighted by Crippen LogP contribution is 2.48. The number of aryl methyl sites for hydroxylation is 2. The van der Waals surface area contributed by atoms with Gasteiger partial charge in [-0.1, -0.05) is 19.1 Å². The van der Waals surface area contributed by atoms with Gasteiger partial charge in [0.25, 0.3) is 5.56 Å². The molecule has 1 aliphatic carbocycles. The van der Waals surface area contributed by atoms with Crippen molar-refractivity contribution in [2.45, 2.75) is 56.8 Å². The standard InChI is InChI=1S/C22H29FN2O5S/c1-4-15-10-19(24-31(29,30)22(7-8-22)12-17(27)13-26)20(25(3)21(15)28)11-16-6-5-14(2)9-18(16)23/h5-6,9-10,17,24,26-27H,4,7-8,11-13H2,1-3H3/t17-/m0/s1. The molecular formula is C22H29FN2O5S. The molecule has 0 radical (unpaired) electrons. The van der Waals surface area contributed by atoms with Crippen LogP contribution in [0.2, 0.25) is 0 Å². The van der Waals surface area contributed by atoms with Crippen molar-refractivity contribution in [1.82, 2.24) is 4.57 Å². The molecular weight excluding hydrogens is 423 g/mol. The Balaban J connectivity index is 2.05. The first-order valence-corrected chi connectivity index (χ1v) is 11.8. The van der Waals surface area contributed by atoms with Crippen LogP contribution in [-0.4, -0.2) is 40.7 Å². The average molecular weight is 453 g/mol. The number of nitrogens with zero attached hydrogens (tertiary/aromatic N) is 1. The van der Waals surface area contributed by atoms with Crippen molar-refractivity contribution in [2.75, 3.05) is 11.3 Å². The number of benzene rings is 1. The fourth-order valence-electron chi connectivity index (χ4n) is 3.84. The van der Waals surface area contributed by atoms with Gasteiger partial charge in [0.05, 0.1) is 23.1 Å². The zero-order valence-electron chi connectivity index (χ0n) is 18.0.